The van der Waals surface area contributed by atoms with E-state index in [1.807, 2.05) is 31.3 Å². The zero-order valence-corrected chi connectivity index (χ0v) is 16.6. The van der Waals surface area contributed by atoms with E-state index in [1.165, 1.54) is 16.9 Å². The minimum atomic E-state index is 0.454. The molecule has 0 saturated carbocycles. The van der Waals surface area contributed by atoms with Gasteiger partial charge in [-0.05, 0) is 42.8 Å². The van der Waals surface area contributed by atoms with Gasteiger partial charge in [0, 0.05) is 24.8 Å². The number of alkyl halides is 1. The third kappa shape index (κ3) is 3.86. The fraction of sp³-hybridized carbons (Fsp3) is 0.150. The van der Waals surface area contributed by atoms with Crippen molar-refractivity contribution in [2.45, 2.75) is 12.8 Å². The first kappa shape index (κ1) is 17.7. The molecular formula is C20H18ClN5S. The summed E-state index contributed by atoms with van der Waals surface area (Å²) in [6.45, 7) is 2.08. The predicted octanol–water partition coefficient (Wildman–Crippen LogP) is 5.65. The van der Waals surface area contributed by atoms with Gasteiger partial charge in [0.2, 0.25) is 0 Å². The smallest absolute Gasteiger partial charge is 0.190 e. The molecule has 0 aliphatic carbocycles. The lowest BCUT2D eigenvalue weighted by Gasteiger charge is -2.18. The van der Waals surface area contributed by atoms with E-state index in [2.05, 4.69) is 51.4 Å². The Kier molecular flexibility index (Phi) is 4.92. The number of hydrogen-bond donors (Lipinski definition) is 1. The number of fused-ring (bicyclic) bond motifs is 1. The molecule has 0 radical (unpaired) electrons. The Morgan fingerprint density at radius 1 is 1.04 bits per heavy atom. The number of anilines is 4. The van der Waals surface area contributed by atoms with Crippen LogP contribution in [0.1, 0.15) is 11.1 Å². The quantitative estimate of drug-likeness (QED) is 0.443. The molecule has 0 saturated heterocycles. The van der Waals surface area contributed by atoms with E-state index >= 15 is 0 Å². The molecule has 0 unspecified atom stereocenters. The number of rotatable bonds is 5. The van der Waals surface area contributed by atoms with Gasteiger partial charge in [0.05, 0.1) is 0 Å². The van der Waals surface area contributed by atoms with Crippen LogP contribution in [0.4, 0.5) is 22.5 Å². The number of aryl methyl sites for hydroxylation is 1. The summed E-state index contributed by atoms with van der Waals surface area (Å²) in [5, 5.41) is 3.99. The first-order valence-electron chi connectivity index (χ1n) is 8.48. The molecule has 27 heavy (non-hydrogen) atoms. The van der Waals surface area contributed by atoms with Crippen LogP contribution in [0.5, 0.6) is 0 Å². The third-order valence-corrected chi connectivity index (χ3v) is 5.41. The minimum Gasteiger partial charge on any atom is -0.329 e. The Bertz CT molecular complexity index is 1060. The summed E-state index contributed by atoms with van der Waals surface area (Å²) >= 11 is 7.31. The number of benzene rings is 1. The van der Waals surface area contributed by atoms with E-state index < -0.39 is 0 Å². The Morgan fingerprint density at radius 3 is 2.56 bits per heavy atom. The highest BCUT2D eigenvalue weighted by atomic mass is 35.5. The zero-order valence-electron chi connectivity index (χ0n) is 15.0. The van der Waals surface area contributed by atoms with Crippen LogP contribution in [-0.4, -0.2) is 22.0 Å². The number of nitrogens with one attached hydrogen (secondary N) is 1. The molecule has 0 atom stereocenters. The topological polar surface area (TPSA) is 53.9 Å². The van der Waals surface area contributed by atoms with Gasteiger partial charge in [0.25, 0.3) is 0 Å². The molecule has 1 aromatic carbocycles. The van der Waals surface area contributed by atoms with Crippen LogP contribution >= 0.6 is 22.9 Å². The van der Waals surface area contributed by atoms with Crippen molar-refractivity contribution in [1.29, 1.82) is 0 Å². The first-order valence-corrected chi connectivity index (χ1v) is 9.83. The second-order valence-corrected chi connectivity index (χ2v) is 7.46. The summed E-state index contributed by atoms with van der Waals surface area (Å²) in [4.78, 5) is 16.7. The highest BCUT2D eigenvalue weighted by Crippen LogP contribution is 2.30. The van der Waals surface area contributed by atoms with Crippen molar-refractivity contribution in [1.82, 2.24) is 15.0 Å². The lowest BCUT2D eigenvalue weighted by Crippen LogP contribution is -2.10. The molecule has 3 aromatic heterocycles. The van der Waals surface area contributed by atoms with Gasteiger partial charge in [0.1, 0.15) is 22.0 Å². The molecule has 136 valence electrons. The number of hydrogen-bond acceptors (Lipinski definition) is 6. The van der Waals surface area contributed by atoms with Gasteiger partial charge in [-0.3, -0.25) is 0 Å². The Hall–Kier alpha value is -2.70. The van der Waals surface area contributed by atoms with Crippen molar-refractivity contribution in [3.05, 3.63) is 65.9 Å². The third-order valence-electron chi connectivity index (χ3n) is 4.22. The number of aromatic nitrogens is 3. The lowest BCUT2D eigenvalue weighted by atomic mass is 10.2. The van der Waals surface area contributed by atoms with Gasteiger partial charge in [-0.1, -0.05) is 35.1 Å². The SMILES string of the molecule is Cc1ccc(N(C)c2ccc3nc(Nc4ccc(CCl)cn4)sc3n2)cc1. The summed E-state index contributed by atoms with van der Waals surface area (Å²) in [5.74, 6) is 2.07. The average molecular weight is 396 g/mol. The largest absolute Gasteiger partial charge is 0.329 e. The number of thiazole rings is 1. The molecule has 0 aliphatic rings. The summed E-state index contributed by atoms with van der Waals surface area (Å²) in [5.41, 5.74) is 4.18. The van der Waals surface area contributed by atoms with Crippen LogP contribution in [0.25, 0.3) is 10.3 Å². The molecule has 0 spiro atoms. The summed E-state index contributed by atoms with van der Waals surface area (Å²) in [7, 11) is 2.02. The van der Waals surface area contributed by atoms with Gasteiger partial charge in [-0.15, -0.1) is 11.6 Å². The Morgan fingerprint density at radius 2 is 1.85 bits per heavy atom. The molecular weight excluding hydrogens is 378 g/mol. The van der Waals surface area contributed by atoms with Crippen LogP contribution in [0.15, 0.2) is 54.7 Å². The van der Waals surface area contributed by atoms with E-state index in [0.29, 0.717) is 5.88 Å². The summed E-state index contributed by atoms with van der Waals surface area (Å²) in [6, 6.07) is 16.2. The maximum atomic E-state index is 5.80. The van der Waals surface area contributed by atoms with Crippen molar-refractivity contribution >= 4 is 55.7 Å². The van der Waals surface area contributed by atoms with Crippen LogP contribution in [0.2, 0.25) is 0 Å². The monoisotopic (exact) mass is 395 g/mol. The molecule has 4 rings (SSSR count). The fourth-order valence-electron chi connectivity index (χ4n) is 2.64. The second kappa shape index (κ2) is 7.50. The maximum Gasteiger partial charge on any atom is 0.190 e. The van der Waals surface area contributed by atoms with Gasteiger partial charge < -0.3 is 10.2 Å². The normalized spacial score (nSPS) is 10.9. The van der Waals surface area contributed by atoms with Crippen molar-refractivity contribution in [2.75, 3.05) is 17.3 Å². The molecule has 0 aliphatic heterocycles. The number of nitrogens with zero attached hydrogens (tertiary/aromatic N) is 4. The molecule has 0 fully saturated rings. The molecule has 3 heterocycles. The second-order valence-electron chi connectivity index (χ2n) is 6.22. The van der Waals surface area contributed by atoms with E-state index in [4.69, 9.17) is 16.6 Å². The highest BCUT2D eigenvalue weighted by Gasteiger charge is 2.10. The van der Waals surface area contributed by atoms with Crippen LogP contribution in [-0.2, 0) is 5.88 Å². The van der Waals surface area contributed by atoms with E-state index in [0.717, 1.165) is 38.4 Å². The minimum absolute atomic E-state index is 0.454. The van der Waals surface area contributed by atoms with Crippen molar-refractivity contribution in [3.8, 4) is 0 Å². The fourth-order valence-corrected chi connectivity index (χ4v) is 3.63. The molecule has 5 nitrogen and oxygen atoms in total. The van der Waals surface area contributed by atoms with Crippen molar-refractivity contribution < 1.29 is 0 Å². The lowest BCUT2D eigenvalue weighted by molar-refractivity contribution is 1.15. The first-order chi connectivity index (χ1) is 13.1. The van der Waals surface area contributed by atoms with Crippen LogP contribution in [0.3, 0.4) is 0 Å². The highest BCUT2D eigenvalue weighted by molar-refractivity contribution is 7.21. The molecule has 4 aromatic rings. The average Bonchev–Trinajstić information content (AvgIpc) is 3.10. The van der Waals surface area contributed by atoms with Gasteiger partial charge in [-0.25, -0.2) is 15.0 Å². The molecule has 7 heteroatoms. The number of halogens is 1. The summed E-state index contributed by atoms with van der Waals surface area (Å²) < 4.78 is 0. The molecule has 0 amide bonds. The van der Waals surface area contributed by atoms with Crippen molar-refractivity contribution in [2.24, 2.45) is 0 Å². The van der Waals surface area contributed by atoms with E-state index in [9.17, 15) is 0 Å². The van der Waals surface area contributed by atoms with Gasteiger partial charge in [0.15, 0.2) is 5.13 Å². The van der Waals surface area contributed by atoms with Crippen LogP contribution in [0, 0.1) is 6.92 Å². The van der Waals surface area contributed by atoms with Crippen molar-refractivity contribution in [3.63, 3.8) is 0 Å². The Labute approximate surface area is 166 Å². The van der Waals surface area contributed by atoms with E-state index in [1.54, 1.807) is 6.20 Å². The maximum absolute atomic E-state index is 5.80. The Balaban J connectivity index is 1.58. The van der Waals surface area contributed by atoms with Gasteiger partial charge >= 0.3 is 0 Å². The molecule has 0 bridgehead atoms. The van der Waals surface area contributed by atoms with E-state index in [-0.39, 0.29) is 0 Å². The zero-order chi connectivity index (χ0) is 18.8. The number of pyridine rings is 2. The summed E-state index contributed by atoms with van der Waals surface area (Å²) in [6.07, 6.45) is 1.76. The van der Waals surface area contributed by atoms with Crippen LogP contribution < -0.4 is 10.2 Å². The van der Waals surface area contributed by atoms with Gasteiger partial charge in [-0.2, -0.15) is 0 Å². The predicted molar refractivity (Wildman–Crippen MR) is 114 cm³/mol. The standard InChI is InChI=1S/C20H18ClN5S/c1-13-3-6-15(7-4-13)26(2)18-10-8-16-19(25-18)27-20(23-16)24-17-9-5-14(11-21)12-22-17/h3-10,12H,11H2,1-2H3,(H,22,23,24). The molecule has 1 N–H and O–H groups in total.